The first kappa shape index (κ1) is 16.5. The molecule has 2 N–H and O–H groups in total. The van der Waals surface area contributed by atoms with Crippen LogP contribution in [0.4, 0.5) is 0 Å². The van der Waals surface area contributed by atoms with Crippen molar-refractivity contribution >= 4 is 0 Å². The van der Waals surface area contributed by atoms with E-state index in [0.29, 0.717) is 12.0 Å². The molecule has 0 amide bonds. The van der Waals surface area contributed by atoms with E-state index in [4.69, 9.17) is 5.73 Å². The van der Waals surface area contributed by atoms with Crippen LogP contribution >= 0.6 is 0 Å². The first-order chi connectivity index (χ1) is 10.1. The fourth-order valence-corrected chi connectivity index (χ4v) is 3.70. The SMILES string of the molecule is CC(C)Cc1ccc(CN(C)C2CCCCC2CN)cc1. The van der Waals surface area contributed by atoms with Gasteiger partial charge in [0.25, 0.3) is 0 Å². The fourth-order valence-electron chi connectivity index (χ4n) is 3.70. The van der Waals surface area contributed by atoms with E-state index in [9.17, 15) is 0 Å². The van der Waals surface area contributed by atoms with Crippen LogP contribution in [0, 0.1) is 11.8 Å². The third-order valence-electron chi connectivity index (χ3n) is 4.84. The molecular formula is C19H32N2. The van der Waals surface area contributed by atoms with E-state index in [-0.39, 0.29) is 0 Å². The summed E-state index contributed by atoms with van der Waals surface area (Å²) < 4.78 is 0. The lowest BCUT2D eigenvalue weighted by atomic mass is 9.83. The van der Waals surface area contributed by atoms with Gasteiger partial charge in [0.15, 0.2) is 0 Å². The van der Waals surface area contributed by atoms with Crippen LogP contribution in [0.3, 0.4) is 0 Å². The summed E-state index contributed by atoms with van der Waals surface area (Å²) in [7, 11) is 2.26. The highest BCUT2D eigenvalue weighted by molar-refractivity contribution is 5.22. The number of hydrogen-bond acceptors (Lipinski definition) is 2. The largest absolute Gasteiger partial charge is 0.330 e. The lowest BCUT2D eigenvalue weighted by Gasteiger charge is -2.37. The van der Waals surface area contributed by atoms with Crippen LogP contribution in [0.25, 0.3) is 0 Å². The van der Waals surface area contributed by atoms with Gasteiger partial charge in [-0.15, -0.1) is 0 Å². The zero-order valence-corrected chi connectivity index (χ0v) is 14.0. The summed E-state index contributed by atoms with van der Waals surface area (Å²) in [4.78, 5) is 2.52. The molecule has 0 radical (unpaired) electrons. The van der Waals surface area contributed by atoms with Gasteiger partial charge in [0.2, 0.25) is 0 Å². The third kappa shape index (κ3) is 4.82. The van der Waals surface area contributed by atoms with Gasteiger partial charge in [0, 0.05) is 12.6 Å². The zero-order valence-electron chi connectivity index (χ0n) is 14.0. The third-order valence-corrected chi connectivity index (χ3v) is 4.84. The number of rotatable bonds is 6. The molecule has 1 fully saturated rings. The smallest absolute Gasteiger partial charge is 0.0233 e. The molecule has 0 aliphatic heterocycles. The molecule has 1 aliphatic carbocycles. The van der Waals surface area contributed by atoms with Crippen LogP contribution in [0.2, 0.25) is 0 Å². The Morgan fingerprint density at radius 3 is 2.33 bits per heavy atom. The monoisotopic (exact) mass is 288 g/mol. The van der Waals surface area contributed by atoms with Gasteiger partial charge in [-0.3, -0.25) is 4.90 Å². The number of hydrogen-bond donors (Lipinski definition) is 1. The van der Waals surface area contributed by atoms with E-state index < -0.39 is 0 Å². The summed E-state index contributed by atoms with van der Waals surface area (Å²) in [6, 6.07) is 9.86. The van der Waals surface area contributed by atoms with Gasteiger partial charge in [-0.1, -0.05) is 51.0 Å². The number of nitrogens with zero attached hydrogens (tertiary/aromatic N) is 1. The predicted octanol–water partition coefficient (Wildman–Crippen LogP) is 3.83. The van der Waals surface area contributed by atoms with E-state index >= 15 is 0 Å². The minimum atomic E-state index is 0.666. The molecule has 2 atom stereocenters. The van der Waals surface area contributed by atoms with Crippen LogP contribution < -0.4 is 5.73 Å². The van der Waals surface area contributed by atoms with Gasteiger partial charge in [-0.2, -0.15) is 0 Å². The summed E-state index contributed by atoms with van der Waals surface area (Å²) in [5.41, 5.74) is 8.84. The molecule has 0 aromatic heterocycles. The quantitative estimate of drug-likeness (QED) is 0.862. The maximum Gasteiger partial charge on any atom is 0.0233 e. The Balaban J connectivity index is 1.93. The van der Waals surface area contributed by atoms with Crippen molar-refractivity contribution in [3.05, 3.63) is 35.4 Å². The molecule has 2 nitrogen and oxygen atoms in total. The van der Waals surface area contributed by atoms with Gasteiger partial charge < -0.3 is 5.73 Å². The minimum Gasteiger partial charge on any atom is -0.330 e. The van der Waals surface area contributed by atoms with Crippen molar-refractivity contribution in [3.8, 4) is 0 Å². The Morgan fingerprint density at radius 2 is 1.71 bits per heavy atom. The maximum atomic E-state index is 5.96. The average Bonchev–Trinajstić information content (AvgIpc) is 2.48. The Bertz CT molecular complexity index is 410. The molecule has 1 saturated carbocycles. The highest BCUT2D eigenvalue weighted by Crippen LogP contribution is 2.28. The topological polar surface area (TPSA) is 29.3 Å². The Morgan fingerprint density at radius 1 is 1.10 bits per heavy atom. The molecule has 0 saturated heterocycles. The standard InChI is InChI=1S/C19H32N2/c1-15(2)12-16-8-10-17(11-9-16)14-21(3)19-7-5-4-6-18(19)13-20/h8-11,15,18-19H,4-7,12-14,20H2,1-3H3. The van der Waals surface area contributed by atoms with E-state index in [0.717, 1.165) is 19.0 Å². The molecule has 1 aromatic carbocycles. The predicted molar refractivity (Wildman–Crippen MR) is 91.3 cm³/mol. The van der Waals surface area contributed by atoms with Gasteiger partial charge in [0.1, 0.15) is 0 Å². The number of benzene rings is 1. The first-order valence-electron chi connectivity index (χ1n) is 8.58. The van der Waals surface area contributed by atoms with E-state index in [1.54, 1.807) is 0 Å². The Labute approximate surface area is 130 Å². The minimum absolute atomic E-state index is 0.666. The molecule has 2 unspecified atom stereocenters. The van der Waals surface area contributed by atoms with E-state index in [2.05, 4.69) is 50.1 Å². The molecule has 0 bridgehead atoms. The van der Waals surface area contributed by atoms with Crippen LogP contribution in [-0.2, 0) is 13.0 Å². The second-order valence-corrected chi connectivity index (χ2v) is 7.18. The zero-order chi connectivity index (χ0) is 15.2. The van der Waals surface area contributed by atoms with Crippen molar-refractivity contribution in [3.63, 3.8) is 0 Å². The molecule has 0 spiro atoms. The summed E-state index contributed by atoms with van der Waals surface area (Å²) in [6.45, 7) is 6.43. The second-order valence-electron chi connectivity index (χ2n) is 7.18. The van der Waals surface area contributed by atoms with E-state index in [1.807, 2.05) is 0 Å². The highest BCUT2D eigenvalue weighted by Gasteiger charge is 2.27. The molecular weight excluding hydrogens is 256 g/mol. The molecule has 2 heteroatoms. The van der Waals surface area contributed by atoms with E-state index in [1.165, 1.54) is 43.2 Å². The van der Waals surface area contributed by atoms with Gasteiger partial charge in [0.05, 0.1) is 0 Å². The maximum absolute atomic E-state index is 5.96. The van der Waals surface area contributed by atoms with Crippen molar-refractivity contribution < 1.29 is 0 Å². The first-order valence-corrected chi connectivity index (χ1v) is 8.58. The fraction of sp³-hybridized carbons (Fsp3) is 0.684. The lowest BCUT2D eigenvalue weighted by Crippen LogP contribution is -2.42. The van der Waals surface area contributed by atoms with Gasteiger partial charge in [-0.05, 0) is 55.8 Å². The van der Waals surface area contributed by atoms with Crippen molar-refractivity contribution in [2.75, 3.05) is 13.6 Å². The van der Waals surface area contributed by atoms with Gasteiger partial charge in [-0.25, -0.2) is 0 Å². The average molecular weight is 288 g/mol. The summed E-state index contributed by atoms with van der Waals surface area (Å²) >= 11 is 0. The number of nitrogens with two attached hydrogens (primary N) is 1. The van der Waals surface area contributed by atoms with Crippen LogP contribution in [0.15, 0.2) is 24.3 Å². The molecule has 2 rings (SSSR count). The van der Waals surface area contributed by atoms with Crippen molar-refractivity contribution in [1.82, 2.24) is 4.90 Å². The van der Waals surface area contributed by atoms with Crippen LogP contribution in [-0.4, -0.2) is 24.5 Å². The summed E-state index contributed by atoms with van der Waals surface area (Å²) in [5, 5.41) is 0. The van der Waals surface area contributed by atoms with Crippen molar-refractivity contribution in [1.29, 1.82) is 0 Å². The van der Waals surface area contributed by atoms with Crippen LogP contribution in [0.1, 0.15) is 50.7 Å². The van der Waals surface area contributed by atoms with Crippen molar-refractivity contribution in [2.24, 2.45) is 17.6 Å². The molecule has 0 heterocycles. The molecule has 118 valence electrons. The highest BCUT2D eigenvalue weighted by atomic mass is 15.1. The van der Waals surface area contributed by atoms with Crippen molar-refractivity contribution in [2.45, 2.75) is 58.5 Å². The molecule has 1 aromatic rings. The molecule has 1 aliphatic rings. The summed E-state index contributed by atoms with van der Waals surface area (Å²) in [5.74, 6) is 1.41. The Kier molecular flexibility index (Phi) is 6.25. The summed E-state index contributed by atoms with van der Waals surface area (Å²) in [6.07, 6.45) is 6.51. The molecule has 21 heavy (non-hydrogen) atoms. The normalized spacial score (nSPS) is 23.0. The van der Waals surface area contributed by atoms with Crippen LogP contribution in [0.5, 0.6) is 0 Å². The van der Waals surface area contributed by atoms with Gasteiger partial charge >= 0.3 is 0 Å². The Hall–Kier alpha value is -0.860. The lowest BCUT2D eigenvalue weighted by molar-refractivity contribution is 0.127. The second kappa shape index (κ2) is 7.95.